The van der Waals surface area contributed by atoms with Gasteiger partial charge in [-0.2, -0.15) is 0 Å². The zero-order valence-electron chi connectivity index (χ0n) is 13.0. The van der Waals surface area contributed by atoms with Crippen LogP contribution in [-0.2, 0) is 6.54 Å². The number of aliphatic hydroxyl groups is 1. The Morgan fingerprint density at radius 2 is 2.19 bits per heavy atom. The van der Waals surface area contributed by atoms with Crippen molar-refractivity contribution in [1.29, 1.82) is 0 Å². The second-order valence-corrected chi connectivity index (χ2v) is 5.98. The summed E-state index contributed by atoms with van der Waals surface area (Å²) in [5.41, 5.74) is 1.90. The first kappa shape index (κ1) is 16.3. The van der Waals surface area contributed by atoms with E-state index in [0.717, 1.165) is 56.6 Å². The van der Waals surface area contributed by atoms with E-state index in [1.54, 1.807) is 0 Å². The predicted octanol–water partition coefficient (Wildman–Crippen LogP) is 2.03. The fourth-order valence-electron chi connectivity index (χ4n) is 3.05. The quantitative estimate of drug-likeness (QED) is 0.642. The fraction of sp³-hybridized carbons (Fsp3) is 0.647. The summed E-state index contributed by atoms with van der Waals surface area (Å²) in [7, 11) is 0. The van der Waals surface area contributed by atoms with Crippen molar-refractivity contribution in [2.24, 2.45) is 0 Å². The van der Waals surface area contributed by atoms with Crippen LogP contribution in [0.2, 0.25) is 0 Å². The third kappa shape index (κ3) is 4.70. The molecule has 1 aliphatic heterocycles. The molecular weight excluding hydrogens is 264 g/mol. The number of likely N-dealkylation sites (tertiary alicyclic amines) is 1. The standard InChI is InChI=1S/C17H28N2O2/c1-14-6-4-7-15(17(14)21)12-18-9-2-3-10-19-11-5-8-16(19)13-20/h4,6-7,16,18,20-21H,2-3,5,8-13H2,1H3. The van der Waals surface area contributed by atoms with Gasteiger partial charge in [-0.05, 0) is 57.8 Å². The first-order valence-electron chi connectivity index (χ1n) is 8.05. The first-order valence-corrected chi connectivity index (χ1v) is 8.05. The maximum Gasteiger partial charge on any atom is 0.122 e. The van der Waals surface area contributed by atoms with Crippen LogP contribution in [0.1, 0.15) is 36.8 Å². The van der Waals surface area contributed by atoms with Crippen LogP contribution in [0.25, 0.3) is 0 Å². The third-order valence-corrected chi connectivity index (χ3v) is 4.40. The summed E-state index contributed by atoms with van der Waals surface area (Å²) in [5, 5.41) is 22.6. The largest absolute Gasteiger partial charge is 0.507 e. The number of nitrogens with zero attached hydrogens (tertiary/aromatic N) is 1. The summed E-state index contributed by atoms with van der Waals surface area (Å²) in [6.07, 6.45) is 4.64. The van der Waals surface area contributed by atoms with E-state index in [1.165, 1.54) is 6.42 Å². The summed E-state index contributed by atoms with van der Waals surface area (Å²) >= 11 is 0. The molecule has 4 nitrogen and oxygen atoms in total. The number of aromatic hydroxyl groups is 1. The van der Waals surface area contributed by atoms with Gasteiger partial charge in [-0.15, -0.1) is 0 Å². The van der Waals surface area contributed by atoms with Gasteiger partial charge < -0.3 is 15.5 Å². The molecule has 21 heavy (non-hydrogen) atoms. The number of phenols is 1. The highest BCUT2D eigenvalue weighted by atomic mass is 16.3. The van der Waals surface area contributed by atoms with Crippen LogP contribution in [0.15, 0.2) is 18.2 Å². The number of phenolic OH excluding ortho intramolecular Hbond substituents is 1. The summed E-state index contributed by atoms with van der Waals surface area (Å²) in [5.74, 6) is 0.410. The molecular formula is C17H28N2O2. The number of benzene rings is 1. The van der Waals surface area contributed by atoms with Crippen LogP contribution in [0, 0.1) is 6.92 Å². The molecule has 1 fully saturated rings. The lowest BCUT2D eigenvalue weighted by Crippen LogP contribution is -2.33. The first-order chi connectivity index (χ1) is 10.2. The normalized spacial score (nSPS) is 19.2. The molecule has 0 radical (unpaired) electrons. The van der Waals surface area contributed by atoms with Crippen LogP contribution in [0.3, 0.4) is 0 Å². The Labute approximate surface area is 127 Å². The Morgan fingerprint density at radius 3 is 3.00 bits per heavy atom. The molecule has 0 spiro atoms. The Kier molecular flexibility index (Phi) is 6.49. The Morgan fingerprint density at radius 1 is 1.33 bits per heavy atom. The van der Waals surface area contributed by atoms with Gasteiger partial charge in [0.25, 0.3) is 0 Å². The van der Waals surface area contributed by atoms with E-state index in [1.807, 2.05) is 25.1 Å². The van der Waals surface area contributed by atoms with Gasteiger partial charge in [0.2, 0.25) is 0 Å². The van der Waals surface area contributed by atoms with Crippen molar-refractivity contribution in [1.82, 2.24) is 10.2 Å². The number of para-hydroxylation sites is 1. The molecule has 0 amide bonds. The molecule has 1 heterocycles. The average Bonchev–Trinajstić information content (AvgIpc) is 2.94. The van der Waals surface area contributed by atoms with Crippen molar-refractivity contribution in [3.05, 3.63) is 29.3 Å². The molecule has 1 saturated heterocycles. The van der Waals surface area contributed by atoms with E-state index in [4.69, 9.17) is 0 Å². The maximum absolute atomic E-state index is 9.93. The van der Waals surface area contributed by atoms with E-state index in [2.05, 4.69) is 10.2 Å². The highest BCUT2D eigenvalue weighted by Crippen LogP contribution is 2.21. The smallest absolute Gasteiger partial charge is 0.122 e. The van der Waals surface area contributed by atoms with Crippen LogP contribution in [-0.4, -0.2) is 47.4 Å². The molecule has 3 N–H and O–H groups in total. The maximum atomic E-state index is 9.93. The van der Waals surface area contributed by atoms with Gasteiger partial charge in [0.05, 0.1) is 6.61 Å². The molecule has 1 aromatic rings. The number of aryl methyl sites for hydroxylation is 1. The average molecular weight is 292 g/mol. The minimum atomic E-state index is 0.297. The van der Waals surface area contributed by atoms with Gasteiger partial charge in [-0.1, -0.05) is 18.2 Å². The van der Waals surface area contributed by atoms with Gasteiger partial charge in [0, 0.05) is 18.2 Å². The highest BCUT2D eigenvalue weighted by molar-refractivity contribution is 5.39. The molecule has 118 valence electrons. The topological polar surface area (TPSA) is 55.7 Å². The van der Waals surface area contributed by atoms with Crippen LogP contribution < -0.4 is 5.32 Å². The molecule has 0 aromatic heterocycles. The number of unbranched alkanes of at least 4 members (excludes halogenated alkanes) is 1. The molecule has 0 aliphatic carbocycles. The van der Waals surface area contributed by atoms with Crippen molar-refractivity contribution < 1.29 is 10.2 Å². The molecule has 0 bridgehead atoms. The molecule has 0 saturated carbocycles. The van der Waals surface area contributed by atoms with Gasteiger partial charge in [-0.3, -0.25) is 4.90 Å². The monoisotopic (exact) mass is 292 g/mol. The molecule has 2 rings (SSSR count). The molecule has 1 aromatic carbocycles. The summed E-state index contributed by atoms with van der Waals surface area (Å²) < 4.78 is 0. The van der Waals surface area contributed by atoms with Crippen LogP contribution in [0.4, 0.5) is 0 Å². The zero-order valence-corrected chi connectivity index (χ0v) is 13.0. The minimum absolute atomic E-state index is 0.297. The lowest BCUT2D eigenvalue weighted by Gasteiger charge is -2.22. The minimum Gasteiger partial charge on any atom is -0.507 e. The second kappa shape index (κ2) is 8.37. The SMILES string of the molecule is Cc1cccc(CNCCCCN2CCCC2CO)c1O. The Bertz CT molecular complexity index is 437. The van der Waals surface area contributed by atoms with E-state index in [9.17, 15) is 10.2 Å². The summed E-state index contributed by atoms with van der Waals surface area (Å²) in [6.45, 7) is 6.12. The predicted molar refractivity (Wildman–Crippen MR) is 85.5 cm³/mol. The van der Waals surface area contributed by atoms with Gasteiger partial charge in [0.1, 0.15) is 5.75 Å². The molecule has 4 heteroatoms. The van der Waals surface area contributed by atoms with Crippen molar-refractivity contribution >= 4 is 0 Å². The van der Waals surface area contributed by atoms with Gasteiger partial charge >= 0.3 is 0 Å². The number of rotatable bonds is 8. The molecule has 1 aliphatic rings. The van der Waals surface area contributed by atoms with E-state index < -0.39 is 0 Å². The number of hydrogen-bond donors (Lipinski definition) is 3. The summed E-state index contributed by atoms with van der Waals surface area (Å²) in [4.78, 5) is 2.41. The highest BCUT2D eigenvalue weighted by Gasteiger charge is 2.22. The van der Waals surface area contributed by atoms with Crippen molar-refractivity contribution in [3.63, 3.8) is 0 Å². The number of aliphatic hydroxyl groups excluding tert-OH is 1. The molecule has 1 atom stereocenters. The summed E-state index contributed by atoms with van der Waals surface area (Å²) in [6, 6.07) is 6.26. The number of nitrogens with one attached hydrogen (secondary N) is 1. The van der Waals surface area contributed by atoms with Crippen molar-refractivity contribution in [2.75, 3.05) is 26.2 Å². The third-order valence-electron chi connectivity index (χ3n) is 4.40. The van der Waals surface area contributed by atoms with Crippen molar-refractivity contribution in [3.8, 4) is 5.75 Å². The van der Waals surface area contributed by atoms with Gasteiger partial charge in [0.15, 0.2) is 0 Å². The lowest BCUT2D eigenvalue weighted by molar-refractivity contribution is 0.157. The van der Waals surface area contributed by atoms with Gasteiger partial charge in [-0.25, -0.2) is 0 Å². The van der Waals surface area contributed by atoms with E-state index >= 15 is 0 Å². The fourth-order valence-corrected chi connectivity index (χ4v) is 3.05. The van der Waals surface area contributed by atoms with Crippen LogP contribution >= 0.6 is 0 Å². The number of hydrogen-bond acceptors (Lipinski definition) is 4. The Hall–Kier alpha value is -1.10. The van der Waals surface area contributed by atoms with Crippen LogP contribution in [0.5, 0.6) is 5.75 Å². The Balaban J connectivity index is 1.59. The van der Waals surface area contributed by atoms with E-state index in [0.29, 0.717) is 18.4 Å². The molecule has 1 unspecified atom stereocenters. The zero-order chi connectivity index (χ0) is 15.1. The van der Waals surface area contributed by atoms with Crippen molar-refractivity contribution in [2.45, 2.75) is 45.2 Å². The lowest BCUT2D eigenvalue weighted by atomic mass is 10.1. The van der Waals surface area contributed by atoms with E-state index in [-0.39, 0.29) is 0 Å². The second-order valence-electron chi connectivity index (χ2n) is 5.98.